The molecule has 2 N–H and O–H groups in total. The third-order valence-electron chi connectivity index (χ3n) is 13.7. The maximum atomic E-state index is 11.5. The van der Waals surface area contributed by atoms with Crippen LogP contribution in [0, 0.1) is 35.5 Å². The molecule has 4 saturated carbocycles. The molecular weight excluding hydrogens is 584 g/mol. The molecule has 13 atom stereocenters. The zero-order valence-electron chi connectivity index (χ0n) is 29.5. The van der Waals surface area contributed by atoms with Crippen LogP contribution < -0.4 is 0 Å². The molecule has 13 unspecified atom stereocenters. The zero-order valence-corrected chi connectivity index (χ0v) is 29.5. The smallest absolute Gasteiger partial charge is 0.107 e. The number of hydrogen-bond acceptors (Lipinski definition) is 9. The van der Waals surface area contributed by atoms with Crippen molar-refractivity contribution >= 4 is 0 Å². The van der Waals surface area contributed by atoms with Gasteiger partial charge in [0, 0.05) is 46.4 Å². The van der Waals surface area contributed by atoms with Crippen LogP contribution in [0.25, 0.3) is 0 Å². The second-order valence-corrected chi connectivity index (χ2v) is 16.3. The first-order valence-electron chi connectivity index (χ1n) is 18.9. The molecule has 2 saturated heterocycles. The average molecular weight is 651 g/mol. The lowest BCUT2D eigenvalue weighted by atomic mass is 9.66. The van der Waals surface area contributed by atoms with E-state index >= 15 is 0 Å². The molecule has 0 bridgehead atoms. The van der Waals surface area contributed by atoms with Gasteiger partial charge in [0.25, 0.3) is 0 Å². The molecule has 2 heterocycles. The van der Waals surface area contributed by atoms with Crippen LogP contribution in [0.4, 0.5) is 0 Å². The molecule has 0 aromatic rings. The van der Waals surface area contributed by atoms with Crippen LogP contribution in [0.1, 0.15) is 83.5 Å². The van der Waals surface area contributed by atoms with Gasteiger partial charge in [-0.2, -0.15) is 0 Å². The maximum Gasteiger partial charge on any atom is 0.107 e. The van der Waals surface area contributed by atoms with Gasteiger partial charge in [0.15, 0.2) is 0 Å². The number of methoxy groups -OCH3 is 3. The van der Waals surface area contributed by atoms with Gasteiger partial charge in [0.05, 0.1) is 42.7 Å². The normalized spacial score (nSPS) is 47.7. The van der Waals surface area contributed by atoms with Crippen LogP contribution >= 0.6 is 0 Å². The Bertz CT molecular complexity index is 935. The van der Waals surface area contributed by atoms with E-state index in [4.69, 9.17) is 23.7 Å². The van der Waals surface area contributed by atoms with E-state index in [-0.39, 0.29) is 43.2 Å². The van der Waals surface area contributed by atoms with Crippen LogP contribution in [0.2, 0.25) is 0 Å². The molecule has 6 aliphatic rings. The Morgan fingerprint density at radius 1 is 0.630 bits per heavy atom. The van der Waals surface area contributed by atoms with E-state index in [1.165, 1.54) is 25.7 Å². The first-order chi connectivity index (χ1) is 22.3. The quantitative estimate of drug-likeness (QED) is 0.365. The molecule has 46 heavy (non-hydrogen) atoms. The summed E-state index contributed by atoms with van der Waals surface area (Å²) in [5.74, 6) is 3.19. The SMILES string of the molecule is COC1CCC(CO)CC1OC1CCC(CC2C3CC(OC4C(O)C(OC)CC5CCN(C)CC54)C(OC)CC3CCN2C)CC1. The highest BCUT2D eigenvalue weighted by atomic mass is 16.6. The minimum Gasteiger partial charge on any atom is -0.396 e. The second-order valence-electron chi connectivity index (χ2n) is 16.3. The van der Waals surface area contributed by atoms with E-state index in [2.05, 4.69) is 23.9 Å². The molecule has 0 aromatic carbocycles. The molecule has 9 nitrogen and oxygen atoms in total. The van der Waals surface area contributed by atoms with Gasteiger partial charge in [-0.1, -0.05) is 0 Å². The fraction of sp³-hybridized carbons (Fsp3) is 1.00. The molecule has 0 spiro atoms. The van der Waals surface area contributed by atoms with Crippen molar-refractivity contribution in [2.45, 2.75) is 138 Å². The molecule has 4 aliphatic carbocycles. The van der Waals surface area contributed by atoms with Crippen LogP contribution in [-0.2, 0) is 23.7 Å². The summed E-state index contributed by atoms with van der Waals surface area (Å²) < 4.78 is 31.5. The monoisotopic (exact) mass is 650 g/mol. The predicted molar refractivity (Wildman–Crippen MR) is 178 cm³/mol. The molecule has 2 aliphatic heterocycles. The van der Waals surface area contributed by atoms with E-state index in [0.717, 1.165) is 83.3 Å². The molecule has 266 valence electrons. The first-order valence-corrected chi connectivity index (χ1v) is 18.9. The van der Waals surface area contributed by atoms with Crippen molar-refractivity contribution in [3.05, 3.63) is 0 Å². The number of piperidine rings is 2. The maximum absolute atomic E-state index is 11.5. The Morgan fingerprint density at radius 2 is 1.28 bits per heavy atom. The molecular formula is C37H66N2O7. The van der Waals surface area contributed by atoms with Crippen molar-refractivity contribution in [3.8, 4) is 0 Å². The fourth-order valence-electron chi connectivity index (χ4n) is 10.9. The van der Waals surface area contributed by atoms with Gasteiger partial charge >= 0.3 is 0 Å². The minimum atomic E-state index is -0.600. The summed E-state index contributed by atoms with van der Waals surface area (Å²) in [6.45, 7) is 3.50. The highest BCUT2D eigenvalue weighted by Crippen LogP contribution is 2.47. The lowest BCUT2D eigenvalue weighted by Gasteiger charge is -2.53. The van der Waals surface area contributed by atoms with E-state index in [1.807, 2.05) is 7.11 Å². The number of nitrogens with zero attached hydrogens (tertiary/aromatic N) is 2. The van der Waals surface area contributed by atoms with Gasteiger partial charge in [-0.05, 0) is 140 Å². The predicted octanol–water partition coefficient (Wildman–Crippen LogP) is 3.97. The highest BCUT2D eigenvalue weighted by molar-refractivity contribution is 5.01. The van der Waals surface area contributed by atoms with E-state index in [9.17, 15) is 10.2 Å². The standard InChI is InChI=1S/C37H66N2O7/c1-38-14-12-26-19-35(44-5)36(41)37(29(26)21-38)46-34-20-28-25(18-32(34)43-4)13-15-39(2)30(28)16-23-6-9-27(10-7-23)45-33-17-24(22-40)8-11-31(33)42-3/h23-37,40-41H,6-22H2,1-5H3. The summed E-state index contributed by atoms with van der Waals surface area (Å²) in [6.07, 6.45) is 13.9. The molecule has 0 radical (unpaired) electrons. The summed E-state index contributed by atoms with van der Waals surface area (Å²) in [6, 6.07) is 0.559. The van der Waals surface area contributed by atoms with Crippen molar-refractivity contribution < 1.29 is 33.9 Å². The summed E-state index contributed by atoms with van der Waals surface area (Å²) >= 11 is 0. The number of ether oxygens (including phenoxy) is 5. The Morgan fingerprint density at radius 3 is 2.00 bits per heavy atom. The van der Waals surface area contributed by atoms with Crippen molar-refractivity contribution in [2.24, 2.45) is 35.5 Å². The van der Waals surface area contributed by atoms with Crippen molar-refractivity contribution in [3.63, 3.8) is 0 Å². The summed E-state index contributed by atoms with van der Waals surface area (Å²) in [5, 5.41) is 21.3. The van der Waals surface area contributed by atoms with Gasteiger partial charge in [0.1, 0.15) is 6.10 Å². The van der Waals surface area contributed by atoms with Gasteiger partial charge < -0.3 is 43.7 Å². The van der Waals surface area contributed by atoms with Gasteiger partial charge in [0.2, 0.25) is 0 Å². The number of fused-ring (bicyclic) bond motifs is 2. The molecule has 6 fully saturated rings. The molecule has 0 aromatic heterocycles. The Hall–Kier alpha value is -0.360. The Kier molecular flexibility index (Phi) is 12.4. The largest absolute Gasteiger partial charge is 0.396 e. The van der Waals surface area contributed by atoms with Crippen LogP contribution in [0.3, 0.4) is 0 Å². The third-order valence-corrected chi connectivity index (χ3v) is 13.7. The van der Waals surface area contributed by atoms with E-state index in [1.54, 1.807) is 14.2 Å². The van der Waals surface area contributed by atoms with Crippen molar-refractivity contribution in [1.82, 2.24) is 9.80 Å². The molecule has 9 heteroatoms. The zero-order chi connectivity index (χ0) is 32.4. The van der Waals surface area contributed by atoms with Crippen molar-refractivity contribution in [1.29, 1.82) is 0 Å². The van der Waals surface area contributed by atoms with Crippen LogP contribution in [0.5, 0.6) is 0 Å². The lowest BCUT2D eigenvalue weighted by molar-refractivity contribution is -0.220. The van der Waals surface area contributed by atoms with Crippen LogP contribution in [0.15, 0.2) is 0 Å². The fourth-order valence-corrected chi connectivity index (χ4v) is 10.9. The summed E-state index contributed by atoms with van der Waals surface area (Å²) in [4.78, 5) is 5.06. The average Bonchev–Trinajstić information content (AvgIpc) is 3.07. The highest BCUT2D eigenvalue weighted by Gasteiger charge is 2.51. The number of likely N-dealkylation sites (tertiary alicyclic amines) is 2. The summed E-state index contributed by atoms with van der Waals surface area (Å²) in [5.41, 5.74) is 0. The molecule has 0 amide bonds. The van der Waals surface area contributed by atoms with E-state index < -0.39 is 6.10 Å². The van der Waals surface area contributed by atoms with Gasteiger partial charge in [-0.15, -0.1) is 0 Å². The number of aliphatic hydroxyl groups excluding tert-OH is 2. The number of hydrogen-bond donors (Lipinski definition) is 2. The van der Waals surface area contributed by atoms with Gasteiger partial charge in [-0.3, -0.25) is 0 Å². The Labute approximate surface area is 279 Å². The number of aliphatic hydroxyl groups is 2. The summed E-state index contributed by atoms with van der Waals surface area (Å²) in [7, 11) is 9.94. The van der Waals surface area contributed by atoms with Crippen molar-refractivity contribution in [2.75, 3.05) is 61.7 Å². The van der Waals surface area contributed by atoms with E-state index in [0.29, 0.717) is 41.7 Å². The molecule has 6 rings (SSSR count). The number of rotatable bonds is 10. The first kappa shape index (κ1) is 35.5. The lowest BCUT2D eigenvalue weighted by Crippen LogP contribution is -2.60. The minimum absolute atomic E-state index is 0.000467. The second kappa shape index (κ2) is 16.1. The Balaban J connectivity index is 1.08. The van der Waals surface area contributed by atoms with Crippen LogP contribution in [-0.4, -0.2) is 137 Å². The third kappa shape index (κ3) is 7.83. The van der Waals surface area contributed by atoms with Gasteiger partial charge in [-0.25, -0.2) is 0 Å². The topological polar surface area (TPSA) is 93.1 Å².